The van der Waals surface area contributed by atoms with Gasteiger partial charge in [-0.2, -0.15) is 0 Å². The molecule has 0 saturated heterocycles. The fourth-order valence-corrected chi connectivity index (χ4v) is 3.97. The molecule has 2 rings (SSSR count). The summed E-state index contributed by atoms with van der Waals surface area (Å²) in [7, 11) is 0. The van der Waals surface area contributed by atoms with Crippen LogP contribution in [0.15, 0.2) is 0 Å². The van der Waals surface area contributed by atoms with Crippen LogP contribution in [0.4, 0.5) is 4.79 Å². The van der Waals surface area contributed by atoms with E-state index in [0.717, 1.165) is 25.7 Å². The van der Waals surface area contributed by atoms with E-state index in [0.29, 0.717) is 17.5 Å². The Labute approximate surface area is 142 Å². The third kappa shape index (κ3) is 5.98. The minimum Gasteiger partial charge on any atom is -0.444 e. The second kappa shape index (κ2) is 7.42. The van der Waals surface area contributed by atoms with Gasteiger partial charge >= 0.3 is 6.09 Å². The van der Waals surface area contributed by atoms with Crippen molar-refractivity contribution in [3.8, 4) is 0 Å². The maximum atomic E-state index is 11.9. The van der Waals surface area contributed by atoms with Gasteiger partial charge in [0.2, 0.25) is 0 Å². The first-order valence-corrected chi connectivity index (χ1v) is 9.41. The first kappa shape index (κ1) is 18.6. The van der Waals surface area contributed by atoms with E-state index in [1.54, 1.807) is 0 Å². The predicted octanol–water partition coefficient (Wildman–Crippen LogP) is 4.38. The number of nitrogens with one attached hydrogen (secondary N) is 2. The number of alkyl carbamates (subject to hydrolysis) is 1. The van der Waals surface area contributed by atoms with Crippen LogP contribution < -0.4 is 10.6 Å². The average molecular weight is 325 g/mol. The Morgan fingerprint density at radius 1 is 1.00 bits per heavy atom. The zero-order valence-corrected chi connectivity index (χ0v) is 15.7. The third-order valence-corrected chi connectivity index (χ3v) is 5.39. The van der Waals surface area contributed by atoms with Gasteiger partial charge in [0, 0.05) is 18.1 Å². The molecule has 1 amide bonds. The highest BCUT2D eigenvalue weighted by Gasteiger charge is 2.34. The maximum Gasteiger partial charge on any atom is 0.407 e. The molecule has 0 aromatic carbocycles. The van der Waals surface area contributed by atoms with Crippen molar-refractivity contribution in [2.75, 3.05) is 0 Å². The summed E-state index contributed by atoms with van der Waals surface area (Å²) in [5, 5.41) is 6.94. The molecule has 0 bridgehead atoms. The Bertz CT molecular complexity index is 393. The normalized spacial score (nSPS) is 31.4. The molecule has 23 heavy (non-hydrogen) atoms. The number of hydrogen-bond acceptors (Lipinski definition) is 3. The summed E-state index contributed by atoms with van der Waals surface area (Å²) >= 11 is 0. The van der Waals surface area contributed by atoms with E-state index in [-0.39, 0.29) is 12.1 Å². The molecule has 0 aromatic rings. The second-order valence-corrected chi connectivity index (χ2v) is 9.15. The maximum absolute atomic E-state index is 11.9. The van der Waals surface area contributed by atoms with Crippen LogP contribution in [0.2, 0.25) is 0 Å². The molecule has 0 aliphatic heterocycles. The molecule has 2 saturated carbocycles. The highest BCUT2D eigenvalue weighted by molar-refractivity contribution is 5.68. The third-order valence-electron chi connectivity index (χ3n) is 5.39. The van der Waals surface area contributed by atoms with Crippen molar-refractivity contribution in [1.82, 2.24) is 10.6 Å². The number of rotatable bonds is 3. The summed E-state index contributed by atoms with van der Waals surface area (Å²) < 4.78 is 5.35. The first-order valence-electron chi connectivity index (χ1n) is 9.41. The summed E-state index contributed by atoms with van der Waals surface area (Å²) in [5.41, 5.74) is -0.000725. The molecule has 1 atom stereocenters. The zero-order valence-electron chi connectivity index (χ0n) is 15.7. The molecule has 0 heterocycles. The summed E-state index contributed by atoms with van der Waals surface area (Å²) in [6.45, 7) is 10.5. The number of hydrogen-bond donors (Lipinski definition) is 2. The Balaban J connectivity index is 1.72. The standard InChI is InChI=1S/C19H36N2O2/c1-18(2,3)23-17(22)21-15-11-9-14(10-12-15)20-16-8-6-7-13-19(16,4)5/h14-16,20H,6-13H2,1-5H3,(H,21,22). The minimum atomic E-state index is -0.421. The van der Waals surface area contributed by atoms with Crippen LogP contribution in [0.1, 0.15) is 86.0 Å². The topological polar surface area (TPSA) is 50.4 Å². The summed E-state index contributed by atoms with van der Waals surface area (Å²) in [5.74, 6) is 0. The van der Waals surface area contributed by atoms with Crippen molar-refractivity contribution in [3.63, 3.8) is 0 Å². The van der Waals surface area contributed by atoms with Gasteiger partial charge in [0.15, 0.2) is 0 Å². The molecule has 4 nitrogen and oxygen atoms in total. The SMILES string of the molecule is CC(C)(C)OC(=O)NC1CCC(NC2CCCCC2(C)C)CC1. The summed E-state index contributed by atoms with van der Waals surface area (Å²) in [4.78, 5) is 11.9. The van der Waals surface area contributed by atoms with Crippen LogP contribution in [0, 0.1) is 5.41 Å². The fourth-order valence-electron chi connectivity index (χ4n) is 3.97. The highest BCUT2D eigenvalue weighted by Crippen LogP contribution is 2.36. The lowest BCUT2D eigenvalue weighted by molar-refractivity contribution is 0.0487. The summed E-state index contributed by atoms with van der Waals surface area (Å²) in [6.07, 6.45) is 9.48. The molecule has 2 aliphatic carbocycles. The molecule has 0 spiro atoms. The van der Waals surface area contributed by atoms with Gasteiger partial charge in [0.25, 0.3) is 0 Å². The Hall–Kier alpha value is -0.770. The summed E-state index contributed by atoms with van der Waals surface area (Å²) in [6, 6.07) is 1.52. The highest BCUT2D eigenvalue weighted by atomic mass is 16.6. The Kier molecular flexibility index (Phi) is 5.99. The van der Waals surface area contributed by atoms with Crippen LogP contribution in [-0.2, 0) is 4.74 Å². The van der Waals surface area contributed by atoms with Crippen molar-refractivity contribution >= 4 is 6.09 Å². The number of carbonyl (C=O) groups is 1. The number of carbonyl (C=O) groups excluding carboxylic acids is 1. The van der Waals surface area contributed by atoms with Crippen LogP contribution in [0.5, 0.6) is 0 Å². The van der Waals surface area contributed by atoms with Crippen LogP contribution in [0.3, 0.4) is 0 Å². The van der Waals surface area contributed by atoms with Crippen molar-refractivity contribution in [2.45, 2.75) is 110 Å². The number of amides is 1. The molecule has 134 valence electrons. The molecule has 2 fully saturated rings. The van der Waals surface area contributed by atoms with Crippen molar-refractivity contribution in [2.24, 2.45) is 5.41 Å². The van der Waals surface area contributed by atoms with E-state index in [1.165, 1.54) is 25.7 Å². The minimum absolute atomic E-state index is 0.266. The van der Waals surface area contributed by atoms with Crippen molar-refractivity contribution in [1.29, 1.82) is 0 Å². The number of ether oxygens (including phenoxy) is 1. The van der Waals surface area contributed by atoms with E-state index in [2.05, 4.69) is 24.5 Å². The Morgan fingerprint density at radius 2 is 1.61 bits per heavy atom. The smallest absolute Gasteiger partial charge is 0.407 e. The van der Waals surface area contributed by atoms with E-state index in [1.807, 2.05) is 20.8 Å². The molecule has 2 N–H and O–H groups in total. The quantitative estimate of drug-likeness (QED) is 0.810. The Morgan fingerprint density at radius 3 is 2.17 bits per heavy atom. The average Bonchev–Trinajstić information content (AvgIpc) is 2.41. The molecule has 4 heteroatoms. The molecular weight excluding hydrogens is 288 g/mol. The van der Waals surface area contributed by atoms with Crippen LogP contribution in [0.25, 0.3) is 0 Å². The lowest BCUT2D eigenvalue weighted by Crippen LogP contribution is -2.51. The molecule has 0 aromatic heterocycles. The molecule has 1 unspecified atom stereocenters. The lowest BCUT2D eigenvalue weighted by atomic mass is 9.72. The van der Waals surface area contributed by atoms with E-state index >= 15 is 0 Å². The van der Waals surface area contributed by atoms with Gasteiger partial charge in [-0.15, -0.1) is 0 Å². The van der Waals surface area contributed by atoms with Gasteiger partial charge in [0.1, 0.15) is 5.60 Å². The van der Waals surface area contributed by atoms with Gasteiger partial charge in [-0.1, -0.05) is 26.7 Å². The zero-order chi connectivity index (χ0) is 17.1. The van der Waals surface area contributed by atoms with Crippen molar-refractivity contribution < 1.29 is 9.53 Å². The molecule has 2 aliphatic rings. The van der Waals surface area contributed by atoms with Crippen LogP contribution >= 0.6 is 0 Å². The van der Waals surface area contributed by atoms with Gasteiger partial charge in [-0.3, -0.25) is 0 Å². The molecular formula is C19H36N2O2. The van der Waals surface area contributed by atoms with Gasteiger partial charge < -0.3 is 15.4 Å². The largest absolute Gasteiger partial charge is 0.444 e. The van der Waals surface area contributed by atoms with Crippen molar-refractivity contribution in [3.05, 3.63) is 0 Å². The first-order chi connectivity index (χ1) is 10.7. The second-order valence-electron chi connectivity index (χ2n) is 9.15. The van der Waals surface area contributed by atoms with E-state index in [9.17, 15) is 4.79 Å². The van der Waals surface area contributed by atoms with Gasteiger partial charge in [0.05, 0.1) is 0 Å². The van der Waals surface area contributed by atoms with E-state index in [4.69, 9.17) is 4.74 Å². The monoisotopic (exact) mass is 324 g/mol. The molecule has 0 radical (unpaired) electrons. The fraction of sp³-hybridized carbons (Fsp3) is 0.947. The van der Waals surface area contributed by atoms with Gasteiger partial charge in [-0.05, 0) is 64.7 Å². The lowest BCUT2D eigenvalue weighted by Gasteiger charge is -2.42. The van der Waals surface area contributed by atoms with Gasteiger partial charge in [-0.25, -0.2) is 4.79 Å². The predicted molar refractivity (Wildman–Crippen MR) is 94.6 cm³/mol. The van der Waals surface area contributed by atoms with E-state index < -0.39 is 5.60 Å². The van der Waals surface area contributed by atoms with Crippen LogP contribution in [-0.4, -0.2) is 29.8 Å².